The zero-order chi connectivity index (χ0) is 19.7. The second-order valence-electron chi connectivity index (χ2n) is 7.57. The molecule has 28 heavy (non-hydrogen) atoms. The average Bonchev–Trinajstić information content (AvgIpc) is 2.67. The minimum Gasteiger partial charge on any atom is -0.352 e. The van der Waals surface area contributed by atoms with Crippen LogP contribution in [-0.4, -0.2) is 59.1 Å². The molecule has 9 nitrogen and oxygen atoms in total. The Morgan fingerprint density at radius 1 is 1.29 bits per heavy atom. The Bertz CT molecular complexity index is 908. The zero-order valence-electron chi connectivity index (χ0n) is 15.7. The van der Waals surface area contributed by atoms with Crippen LogP contribution in [0.5, 0.6) is 0 Å². The van der Waals surface area contributed by atoms with Gasteiger partial charge in [0.2, 0.25) is 11.8 Å². The number of amides is 3. The molecule has 3 N–H and O–H groups in total. The van der Waals surface area contributed by atoms with Crippen molar-refractivity contribution in [3.63, 3.8) is 0 Å². The number of hydrogen-bond donors (Lipinski definition) is 3. The number of nitrogens with zero attached hydrogens (tertiary/aromatic N) is 3. The second kappa shape index (κ2) is 7.76. The van der Waals surface area contributed by atoms with Crippen LogP contribution >= 0.6 is 0 Å². The van der Waals surface area contributed by atoms with Crippen LogP contribution in [0.25, 0.3) is 6.08 Å². The molecule has 0 bridgehead atoms. The van der Waals surface area contributed by atoms with Gasteiger partial charge in [-0.15, -0.1) is 0 Å². The summed E-state index contributed by atoms with van der Waals surface area (Å²) in [5.74, 6) is -1.66. The zero-order valence-corrected chi connectivity index (χ0v) is 15.7. The van der Waals surface area contributed by atoms with E-state index in [0.29, 0.717) is 17.1 Å². The summed E-state index contributed by atoms with van der Waals surface area (Å²) in [5.41, 5.74) is 0.362. The number of carbonyl (C=O) groups is 3. The summed E-state index contributed by atoms with van der Waals surface area (Å²) in [5, 5.41) is 10.0. The van der Waals surface area contributed by atoms with E-state index in [4.69, 9.17) is 0 Å². The molecule has 0 saturated carbocycles. The van der Waals surface area contributed by atoms with Gasteiger partial charge in [-0.1, -0.05) is 6.08 Å². The van der Waals surface area contributed by atoms with Gasteiger partial charge >= 0.3 is 0 Å². The molecule has 1 aromatic rings. The van der Waals surface area contributed by atoms with Gasteiger partial charge < -0.3 is 10.6 Å². The first-order chi connectivity index (χ1) is 13.5. The summed E-state index contributed by atoms with van der Waals surface area (Å²) in [6.07, 6.45) is 5.03. The first-order valence-electron chi connectivity index (χ1n) is 9.65. The highest BCUT2D eigenvalue weighted by Crippen LogP contribution is 2.15. The quantitative estimate of drug-likeness (QED) is 0.519. The van der Waals surface area contributed by atoms with Crippen molar-refractivity contribution < 1.29 is 14.4 Å². The van der Waals surface area contributed by atoms with Crippen molar-refractivity contribution in [3.05, 3.63) is 29.0 Å². The van der Waals surface area contributed by atoms with Gasteiger partial charge in [-0.25, -0.2) is 4.98 Å². The van der Waals surface area contributed by atoms with Crippen molar-refractivity contribution in [2.75, 3.05) is 13.1 Å². The molecular weight excluding hydrogens is 360 g/mol. The van der Waals surface area contributed by atoms with E-state index in [0.717, 1.165) is 25.9 Å². The number of likely N-dealkylation sites (tertiary alicyclic amines) is 1. The molecule has 1 aromatic heterocycles. The molecule has 3 aliphatic heterocycles. The predicted molar refractivity (Wildman–Crippen MR) is 99.9 cm³/mol. The van der Waals surface area contributed by atoms with Gasteiger partial charge in [-0.05, 0) is 31.9 Å². The van der Waals surface area contributed by atoms with Gasteiger partial charge in [0.1, 0.15) is 12.2 Å². The fourth-order valence-corrected chi connectivity index (χ4v) is 3.89. The number of fused-ring (bicyclic) bond motifs is 1. The van der Waals surface area contributed by atoms with Crippen molar-refractivity contribution in [3.8, 4) is 0 Å². The fraction of sp³-hybridized carbons (Fsp3) is 0.526. The van der Waals surface area contributed by atoms with Crippen molar-refractivity contribution >= 4 is 23.8 Å². The molecule has 2 saturated heterocycles. The molecule has 4 rings (SSSR count). The molecule has 2 fully saturated rings. The van der Waals surface area contributed by atoms with Gasteiger partial charge in [-0.2, -0.15) is 4.99 Å². The van der Waals surface area contributed by atoms with Gasteiger partial charge in [-0.3, -0.25) is 24.6 Å². The summed E-state index contributed by atoms with van der Waals surface area (Å²) in [4.78, 5) is 46.7. The fourth-order valence-electron chi connectivity index (χ4n) is 3.89. The molecule has 0 aliphatic carbocycles. The summed E-state index contributed by atoms with van der Waals surface area (Å²) >= 11 is 0. The number of pyridine rings is 1. The van der Waals surface area contributed by atoms with E-state index in [9.17, 15) is 14.4 Å². The third kappa shape index (κ3) is 3.95. The third-order valence-corrected chi connectivity index (χ3v) is 5.40. The highest BCUT2D eigenvalue weighted by atomic mass is 16.2. The van der Waals surface area contributed by atoms with Gasteiger partial charge in [0, 0.05) is 43.0 Å². The minimum absolute atomic E-state index is 0.00281. The lowest BCUT2D eigenvalue weighted by Crippen LogP contribution is -2.65. The topological polar surface area (TPSA) is 116 Å². The van der Waals surface area contributed by atoms with Crippen molar-refractivity contribution in [1.82, 2.24) is 25.8 Å². The van der Waals surface area contributed by atoms with Crippen LogP contribution in [0, 0.1) is 5.92 Å². The summed E-state index contributed by atoms with van der Waals surface area (Å²) in [6, 6.07) is 3.69. The SMILES string of the molecule is CC1CC(=O)NC(N2CCC(NC(=O)C3C=c4cccnc4=NC3=O)CC2)N1. The Hall–Kier alpha value is -2.65. The third-order valence-electron chi connectivity index (χ3n) is 5.40. The lowest BCUT2D eigenvalue weighted by Gasteiger charge is -2.41. The minimum atomic E-state index is -0.908. The van der Waals surface area contributed by atoms with E-state index in [-0.39, 0.29) is 30.2 Å². The first kappa shape index (κ1) is 18.7. The van der Waals surface area contributed by atoms with Crippen LogP contribution < -0.4 is 26.7 Å². The van der Waals surface area contributed by atoms with Crippen molar-refractivity contribution in [2.45, 2.75) is 44.6 Å². The summed E-state index contributed by atoms with van der Waals surface area (Å²) in [7, 11) is 0. The van der Waals surface area contributed by atoms with E-state index in [2.05, 4.69) is 30.8 Å². The van der Waals surface area contributed by atoms with E-state index in [1.165, 1.54) is 0 Å². The maximum atomic E-state index is 12.6. The molecule has 0 spiro atoms. The number of rotatable bonds is 3. The lowest BCUT2D eigenvalue weighted by molar-refractivity contribution is -0.131. The predicted octanol–water partition coefficient (Wildman–Crippen LogP) is -2.00. The van der Waals surface area contributed by atoms with E-state index >= 15 is 0 Å². The van der Waals surface area contributed by atoms with Crippen LogP contribution in [-0.2, 0) is 14.4 Å². The Balaban J connectivity index is 1.34. The molecule has 3 atom stereocenters. The van der Waals surface area contributed by atoms with Crippen molar-refractivity contribution in [2.24, 2.45) is 10.9 Å². The monoisotopic (exact) mass is 384 g/mol. The molecule has 148 valence electrons. The number of carbonyl (C=O) groups excluding carboxylic acids is 3. The summed E-state index contributed by atoms with van der Waals surface area (Å²) < 4.78 is 0. The van der Waals surface area contributed by atoms with Crippen LogP contribution in [0.3, 0.4) is 0 Å². The van der Waals surface area contributed by atoms with E-state index < -0.39 is 11.8 Å². The Labute approximate surface area is 162 Å². The number of piperidine rings is 1. The molecule has 3 aliphatic rings. The van der Waals surface area contributed by atoms with Crippen LogP contribution in [0.15, 0.2) is 23.3 Å². The standard InChI is InChI=1S/C19H24N6O3/c1-11-9-15(26)23-19(21-11)25-7-4-13(5-8-25)22-17(27)14-10-12-3-2-6-20-16(12)24-18(14)28/h2-3,6,10-11,13-14,19,21H,4-5,7-9H2,1H3,(H,22,27)(H,23,26). The van der Waals surface area contributed by atoms with Gasteiger partial charge in [0.25, 0.3) is 5.91 Å². The largest absolute Gasteiger partial charge is 0.352 e. The number of nitrogens with one attached hydrogen (secondary N) is 3. The smallest absolute Gasteiger partial charge is 0.264 e. The Morgan fingerprint density at radius 2 is 2.07 bits per heavy atom. The van der Waals surface area contributed by atoms with Gasteiger partial charge in [0.05, 0.1) is 0 Å². The molecule has 0 aromatic carbocycles. The van der Waals surface area contributed by atoms with Crippen LogP contribution in [0.1, 0.15) is 26.2 Å². The Morgan fingerprint density at radius 3 is 2.82 bits per heavy atom. The highest BCUT2D eigenvalue weighted by Gasteiger charge is 2.33. The van der Waals surface area contributed by atoms with Gasteiger partial charge in [0.15, 0.2) is 5.49 Å². The molecule has 0 radical (unpaired) electrons. The molecular formula is C19H24N6O3. The normalized spacial score (nSPS) is 28.5. The van der Waals surface area contributed by atoms with Crippen molar-refractivity contribution in [1.29, 1.82) is 0 Å². The van der Waals surface area contributed by atoms with E-state index in [1.807, 2.05) is 6.92 Å². The Kier molecular flexibility index (Phi) is 5.19. The van der Waals surface area contributed by atoms with E-state index in [1.54, 1.807) is 24.4 Å². The molecule has 9 heteroatoms. The summed E-state index contributed by atoms with van der Waals surface area (Å²) in [6.45, 7) is 3.49. The van der Waals surface area contributed by atoms with Crippen LogP contribution in [0.2, 0.25) is 0 Å². The molecule has 3 amide bonds. The lowest BCUT2D eigenvalue weighted by atomic mass is 10.0. The first-order valence-corrected chi connectivity index (χ1v) is 9.65. The van der Waals surface area contributed by atoms with Crippen LogP contribution in [0.4, 0.5) is 0 Å². The maximum absolute atomic E-state index is 12.6. The number of aromatic nitrogens is 1. The average molecular weight is 384 g/mol. The number of hydrogen-bond acceptors (Lipinski definition) is 6. The highest BCUT2D eigenvalue weighted by molar-refractivity contribution is 6.06. The second-order valence-corrected chi connectivity index (χ2v) is 7.57. The molecule has 4 heterocycles. The maximum Gasteiger partial charge on any atom is 0.264 e. The molecule has 3 unspecified atom stereocenters.